The number of nitrogens with zero attached hydrogens (tertiary/aromatic N) is 1. The zero-order valence-electron chi connectivity index (χ0n) is 19.3. The topological polar surface area (TPSA) is 167 Å². The highest BCUT2D eigenvalue weighted by atomic mass is 16.5. The van der Waals surface area contributed by atoms with Crippen molar-refractivity contribution in [1.29, 1.82) is 0 Å². The molecule has 1 aromatic carbocycles. The number of ether oxygens (including phenoxy) is 1. The third kappa shape index (κ3) is 5.63. The number of hydrogen-bond acceptors (Lipinski definition) is 9. The highest BCUT2D eigenvalue weighted by molar-refractivity contribution is 6.25. The van der Waals surface area contributed by atoms with E-state index in [-0.39, 0.29) is 50.9 Å². The van der Waals surface area contributed by atoms with Gasteiger partial charge in [-0.25, -0.2) is 0 Å². The molecule has 1 fully saturated rings. The highest BCUT2D eigenvalue weighted by Gasteiger charge is 2.61. The van der Waals surface area contributed by atoms with Crippen molar-refractivity contribution in [2.24, 2.45) is 23.3 Å². The second-order valence-electron chi connectivity index (χ2n) is 8.73. The molecule has 0 aromatic heterocycles. The number of amides is 1. The van der Waals surface area contributed by atoms with Gasteiger partial charge in [0, 0.05) is 13.0 Å². The van der Waals surface area contributed by atoms with Crippen molar-refractivity contribution >= 4 is 36.0 Å². The molecule has 1 heterocycles. The number of nitrogens with two attached hydrogens (primary N) is 2. The molecule has 1 aliphatic rings. The Morgan fingerprint density at radius 3 is 2.35 bits per heavy atom. The first kappa shape index (κ1) is 27.0. The van der Waals surface area contributed by atoms with Crippen LogP contribution in [0.1, 0.15) is 38.7 Å². The summed E-state index contributed by atoms with van der Waals surface area (Å²) >= 11 is 0. The molecule has 0 spiro atoms. The van der Waals surface area contributed by atoms with Crippen LogP contribution in [0.3, 0.4) is 0 Å². The first-order valence-corrected chi connectivity index (χ1v) is 11.1. The smallest absolute Gasteiger partial charge is 0.312 e. The zero-order valence-corrected chi connectivity index (χ0v) is 19.3. The first-order chi connectivity index (χ1) is 16.1. The van der Waals surface area contributed by atoms with Gasteiger partial charge in [0.2, 0.25) is 5.91 Å². The lowest BCUT2D eigenvalue weighted by Gasteiger charge is -2.38. The Hall–Kier alpha value is -3.24. The van der Waals surface area contributed by atoms with Gasteiger partial charge in [-0.1, -0.05) is 44.2 Å². The van der Waals surface area contributed by atoms with Crippen molar-refractivity contribution in [3.05, 3.63) is 35.9 Å². The Bertz CT molecular complexity index is 934. The Labute approximate surface area is 198 Å². The van der Waals surface area contributed by atoms with Gasteiger partial charge in [0.25, 0.3) is 0 Å². The molecule has 34 heavy (non-hydrogen) atoms. The number of aldehydes is 2. The second-order valence-corrected chi connectivity index (χ2v) is 8.73. The monoisotopic (exact) mass is 473 g/mol. The van der Waals surface area contributed by atoms with E-state index in [4.69, 9.17) is 16.2 Å². The molecule has 0 radical (unpaired) electrons. The van der Waals surface area contributed by atoms with E-state index in [1.165, 1.54) is 0 Å². The fourth-order valence-electron chi connectivity index (χ4n) is 4.03. The van der Waals surface area contributed by atoms with E-state index in [1.54, 1.807) is 44.2 Å². The quantitative estimate of drug-likeness (QED) is 0.183. The number of likely N-dealkylation sites (tertiary alicyclic amines) is 1. The molecular weight excluding hydrogens is 442 g/mol. The van der Waals surface area contributed by atoms with E-state index < -0.39 is 47.0 Å². The Balaban J connectivity index is 2.38. The van der Waals surface area contributed by atoms with Crippen LogP contribution in [0, 0.1) is 11.8 Å². The van der Waals surface area contributed by atoms with Crippen LogP contribution >= 0.6 is 0 Å². The predicted octanol–water partition coefficient (Wildman–Crippen LogP) is -0.0561. The molecule has 2 unspecified atom stereocenters. The number of ketones is 2. The summed E-state index contributed by atoms with van der Waals surface area (Å²) < 4.78 is 5.39. The van der Waals surface area contributed by atoms with Crippen LogP contribution < -0.4 is 11.5 Å². The number of esters is 1. The maximum atomic E-state index is 13.5. The second kappa shape index (κ2) is 11.8. The minimum Gasteiger partial charge on any atom is -0.461 e. The molecule has 1 aliphatic heterocycles. The average molecular weight is 474 g/mol. The van der Waals surface area contributed by atoms with Crippen LogP contribution in [0.25, 0.3) is 0 Å². The maximum Gasteiger partial charge on any atom is 0.312 e. The molecule has 0 saturated carbocycles. The summed E-state index contributed by atoms with van der Waals surface area (Å²) in [7, 11) is 0. The average Bonchev–Trinajstić information content (AvgIpc) is 3.25. The maximum absolute atomic E-state index is 13.5. The van der Waals surface area contributed by atoms with E-state index in [1.807, 2.05) is 0 Å². The zero-order chi connectivity index (χ0) is 25.5. The lowest BCUT2D eigenvalue weighted by Crippen LogP contribution is -2.65. The number of benzene rings is 1. The number of hydrogen-bond donors (Lipinski definition) is 2. The summed E-state index contributed by atoms with van der Waals surface area (Å²) in [4.78, 5) is 75.2. The van der Waals surface area contributed by atoms with Crippen LogP contribution in [-0.2, 0) is 40.1 Å². The van der Waals surface area contributed by atoms with Gasteiger partial charge in [-0.3, -0.25) is 24.0 Å². The molecule has 2 rings (SSSR count). The number of rotatable bonds is 12. The number of carbonyl (C=O) groups excluding carboxylic acids is 6. The van der Waals surface area contributed by atoms with Crippen molar-refractivity contribution < 1.29 is 33.5 Å². The van der Waals surface area contributed by atoms with Crippen LogP contribution in [0.5, 0.6) is 0 Å². The highest BCUT2D eigenvalue weighted by Crippen LogP contribution is 2.37. The molecular formula is C24H31N3O7. The largest absolute Gasteiger partial charge is 0.461 e. The van der Waals surface area contributed by atoms with E-state index in [2.05, 4.69) is 0 Å². The molecule has 4 N–H and O–H groups in total. The summed E-state index contributed by atoms with van der Waals surface area (Å²) in [6.07, 6.45) is -0.175. The van der Waals surface area contributed by atoms with E-state index in [9.17, 15) is 28.8 Å². The normalized spacial score (nSPS) is 21.6. The minimum atomic E-state index is -2.22. The molecule has 10 heteroatoms. The molecule has 1 aromatic rings. The molecule has 1 amide bonds. The van der Waals surface area contributed by atoms with Crippen LogP contribution in [-0.4, -0.2) is 65.1 Å². The lowest BCUT2D eigenvalue weighted by molar-refractivity contribution is -0.162. The fourth-order valence-corrected chi connectivity index (χ4v) is 4.03. The molecule has 184 valence electrons. The Kier molecular flexibility index (Phi) is 9.34. The summed E-state index contributed by atoms with van der Waals surface area (Å²) in [5.41, 5.74) is 10.5. The standard InChI is InChI=1S/C24H31N3O7/c1-15(2)20(26)22(32)27-11-10-18(23(33)34-13-16-6-4-3-5-7-16)24(27,14-29)21(31)19(25)9-8-17(30)12-28/h3-7,12,14-15,18-20H,8-11,13,25-26H2,1-2H3/t18?,19?,20-,24+/m0/s1. The van der Waals surface area contributed by atoms with Crippen molar-refractivity contribution in [2.75, 3.05) is 6.54 Å². The Morgan fingerprint density at radius 1 is 1.15 bits per heavy atom. The molecule has 10 nitrogen and oxygen atoms in total. The minimum absolute atomic E-state index is 0.00531. The molecule has 4 atom stereocenters. The van der Waals surface area contributed by atoms with Crippen molar-refractivity contribution in [2.45, 2.75) is 57.3 Å². The predicted molar refractivity (Wildman–Crippen MR) is 121 cm³/mol. The van der Waals surface area contributed by atoms with Gasteiger partial charge in [0.15, 0.2) is 29.7 Å². The van der Waals surface area contributed by atoms with Gasteiger partial charge in [-0.15, -0.1) is 0 Å². The van der Waals surface area contributed by atoms with Gasteiger partial charge in [0.1, 0.15) is 6.61 Å². The number of carbonyl (C=O) groups is 6. The lowest BCUT2D eigenvalue weighted by atomic mass is 9.78. The summed E-state index contributed by atoms with van der Waals surface area (Å²) in [5.74, 6) is -4.74. The van der Waals surface area contributed by atoms with Gasteiger partial charge in [-0.2, -0.15) is 0 Å². The molecule has 1 saturated heterocycles. The summed E-state index contributed by atoms with van der Waals surface area (Å²) in [6, 6.07) is 6.45. The third-order valence-electron chi connectivity index (χ3n) is 6.14. The van der Waals surface area contributed by atoms with Gasteiger partial charge in [0.05, 0.1) is 18.0 Å². The van der Waals surface area contributed by atoms with E-state index >= 15 is 0 Å². The van der Waals surface area contributed by atoms with Crippen LogP contribution in [0.15, 0.2) is 30.3 Å². The van der Waals surface area contributed by atoms with Gasteiger partial charge < -0.3 is 25.9 Å². The molecule has 0 bridgehead atoms. The molecule has 0 aliphatic carbocycles. The van der Waals surface area contributed by atoms with E-state index in [0.717, 1.165) is 4.90 Å². The fraction of sp³-hybridized carbons (Fsp3) is 0.500. The van der Waals surface area contributed by atoms with Gasteiger partial charge in [-0.05, 0) is 24.3 Å². The summed E-state index contributed by atoms with van der Waals surface area (Å²) in [6.45, 7) is 3.27. The SMILES string of the molecule is CC(C)[C@H](N)C(=O)N1CCC(C(=O)OCc2ccccc2)[C@]1(C=O)C(=O)C(N)CCC(=O)C=O. The van der Waals surface area contributed by atoms with Crippen LogP contribution in [0.4, 0.5) is 0 Å². The van der Waals surface area contributed by atoms with Gasteiger partial charge >= 0.3 is 5.97 Å². The Morgan fingerprint density at radius 2 is 1.79 bits per heavy atom. The third-order valence-corrected chi connectivity index (χ3v) is 6.14. The van der Waals surface area contributed by atoms with Crippen LogP contribution in [0.2, 0.25) is 0 Å². The van der Waals surface area contributed by atoms with Crippen molar-refractivity contribution in [3.63, 3.8) is 0 Å². The first-order valence-electron chi connectivity index (χ1n) is 11.1. The van der Waals surface area contributed by atoms with Crippen molar-refractivity contribution in [3.8, 4) is 0 Å². The summed E-state index contributed by atoms with van der Waals surface area (Å²) in [5, 5.41) is 0. The number of Topliss-reactive ketones (excluding diaryl/α,β-unsaturated/α-hetero) is 2. The van der Waals surface area contributed by atoms with E-state index in [0.29, 0.717) is 5.56 Å². The van der Waals surface area contributed by atoms with Crippen molar-refractivity contribution in [1.82, 2.24) is 4.90 Å².